The summed E-state index contributed by atoms with van der Waals surface area (Å²) < 4.78 is 21.4. The zero-order valence-electron chi connectivity index (χ0n) is 21.4. The highest BCUT2D eigenvalue weighted by atomic mass is 19.1. The second-order valence-corrected chi connectivity index (χ2v) is 9.53. The lowest BCUT2D eigenvalue weighted by Crippen LogP contribution is -2.53. The third-order valence-corrected chi connectivity index (χ3v) is 6.74. The molecule has 0 spiro atoms. The van der Waals surface area contributed by atoms with Crippen molar-refractivity contribution in [1.82, 2.24) is 29.9 Å². The minimum absolute atomic E-state index is 0.185. The number of amides is 1. The molecule has 1 N–H and O–H groups in total. The first-order valence-corrected chi connectivity index (χ1v) is 12.4. The molecule has 0 unspecified atom stereocenters. The largest absolute Gasteiger partial charge is 0.492 e. The molecule has 5 rings (SSSR count). The Hall–Kier alpha value is -4.59. The summed E-state index contributed by atoms with van der Waals surface area (Å²) in [6.07, 6.45) is 7.92. The van der Waals surface area contributed by atoms with Crippen molar-refractivity contribution >= 4 is 17.2 Å². The van der Waals surface area contributed by atoms with E-state index in [0.29, 0.717) is 72.1 Å². The van der Waals surface area contributed by atoms with Gasteiger partial charge in [0.25, 0.3) is 5.91 Å². The third kappa shape index (κ3) is 4.85. The minimum atomic E-state index is -0.633. The molecule has 1 aliphatic rings. The number of carbonyl (C=O) groups excluding carboxylic acids is 1. The number of nitrogens with one attached hydrogen (secondary N) is 1. The summed E-state index contributed by atoms with van der Waals surface area (Å²) in [7, 11) is 0. The first kappa shape index (κ1) is 25.1. The van der Waals surface area contributed by atoms with Gasteiger partial charge in [-0.15, -0.1) is 0 Å². The molecule has 10 nitrogen and oxygen atoms in total. The van der Waals surface area contributed by atoms with Crippen molar-refractivity contribution in [2.24, 2.45) is 0 Å². The van der Waals surface area contributed by atoms with Gasteiger partial charge in [0.15, 0.2) is 11.5 Å². The maximum Gasteiger partial charge on any atom is 0.273 e. The molecule has 0 bridgehead atoms. The average Bonchev–Trinajstić information content (AvgIpc) is 3.33. The zero-order valence-corrected chi connectivity index (χ0v) is 21.4. The Morgan fingerprint density at radius 2 is 2.03 bits per heavy atom. The number of aryl methyl sites for hydroxylation is 1. The fourth-order valence-corrected chi connectivity index (χ4v) is 4.63. The fourth-order valence-electron chi connectivity index (χ4n) is 4.63. The minimum Gasteiger partial charge on any atom is -0.492 e. The van der Waals surface area contributed by atoms with E-state index in [9.17, 15) is 14.4 Å². The van der Waals surface area contributed by atoms with E-state index in [1.54, 1.807) is 30.0 Å². The predicted molar refractivity (Wildman–Crippen MR) is 138 cm³/mol. The smallest absolute Gasteiger partial charge is 0.273 e. The normalized spacial score (nSPS) is 14.8. The van der Waals surface area contributed by atoms with Gasteiger partial charge in [0, 0.05) is 29.9 Å². The molecule has 0 aromatic carbocycles. The molecule has 4 aromatic heterocycles. The average molecular weight is 515 g/mol. The molecule has 1 saturated heterocycles. The van der Waals surface area contributed by atoms with Gasteiger partial charge in [-0.1, -0.05) is 0 Å². The van der Waals surface area contributed by atoms with Crippen molar-refractivity contribution < 1.29 is 13.9 Å². The van der Waals surface area contributed by atoms with Crippen LogP contribution in [0.1, 0.15) is 48.4 Å². The van der Waals surface area contributed by atoms with E-state index in [1.165, 1.54) is 18.3 Å². The van der Waals surface area contributed by atoms with E-state index < -0.39 is 17.3 Å². The second kappa shape index (κ2) is 10.0. The predicted octanol–water partition coefficient (Wildman–Crippen LogP) is 3.69. The molecular formula is C27H27FN8O2. The Bertz CT molecular complexity index is 1540. The van der Waals surface area contributed by atoms with Crippen LogP contribution in [0.3, 0.4) is 0 Å². The Balaban J connectivity index is 1.31. The maximum absolute atomic E-state index is 14.1. The Morgan fingerprint density at radius 1 is 1.24 bits per heavy atom. The molecule has 194 valence electrons. The number of nitrogens with zero attached hydrogens (tertiary/aromatic N) is 7. The van der Waals surface area contributed by atoms with Crippen LogP contribution in [0.25, 0.3) is 16.8 Å². The number of anilines is 1. The number of ether oxygens (including phenoxy) is 1. The van der Waals surface area contributed by atoms with Gasteiger partial charge in [-0.05, 0) is 51.8 Å². The highest BCUT2D eigenvalue weighted by molar-refractivity contribution is 5.93. The standard InChI is InChI=1S/C27H27FN8O2/c1-4-38-19-11-20(25-18(12-29)13-32-36(25)16-19)22-14-31-23(15-30-22)35-9-7-27(3,8-10-35)34-26(37)24-21(28)6-5-17(2)33-24/h5-6,11,13-16H,4,7-10H2,1-3H3,(H,34,37). The highest BCUT2D eigenvalue weighted by Gasteiger charge is 2.33. The maximum atomic E-state index is 14.1. The summed E-state index contributed by atoms with van der Waals surface area (Å²) in [5.74, 6) is 0.181. The number of hydrogen-bond donors (Lipinski definition) is 1. The molecule has 1 fully saturated rings. The summed E-state index contributed by atoms with van der Waals surface area (Å²) in [5, 5.41) is 16.8. The van der Waals surface area contributed by atoms with E-state index in [-0.39, 0.29) is 5.69 Å². The number of pyridine rings is 2. The topological polar surface area (TPSA) is 121 Å². The number of hydrogen-bond acceptors (Lipinski definition) is 8. The number of rotatable bonds is 6. The van der Waals surface area contributed by atoms with Gasteiger partial charge in [0.05, 0.1) is 48.2 Å². The molecule has 0 saturated carbocycles. The highest BCUT2D eigenvalue weighted by Crippen LogP contribution is 2.31. The van der Waals surface area contributed by atoms with E-state index in [1.807, 2.05) is 19.9 Å². The van der Waals surface area contributed by atoms with E-state index in [0.717, 1.165) is 0 Å². The Labute approximate surface area is 219 Å². The summed E-state index contributed by atoms with van der Waals surface area (Å²) in [5.41, 5.74) is 2.28. The molecule has 5 heterocycles. The lowest BCUT2D eigenvalue weighted by molar-refractivity contribution is 0.0881. The van der Waals surface area contributed by atoms with Gasteiger partial charge in [-0.2, -0.15) is 10.4 Å². The first-order chi connectivity index (χ1) is 18.3. The van der Waals surface area contributed by atoms with E-state index in [2.05, 4.69) is 36.3 Å². The quantitative estimate of drug-likeness (QED) is 0.414. The number of piperidine rings is 1. The molecule has 11 heteroatoms. The summed E-state index contributed by atoms with van der Waals surface area (Å²) in [6, 6.07) is 6.81. The van der Waals surface area contributed by atoms with Gasteiger partial charge >= 0.3 is 0 Å². The first-order valence-electron chi connectivity index (χ1n) is 12.4. The van der Waals surface area contributed by atoms with Crippen molar-refractivity contribution in [2.45, 2.75) is 39.2 Å². The molecular weight excluding hydrogens is 487 g/mol. The van der Waals surface area contributed by atoms with Crippen molar-refractivity contribution in [3.05, 3.63) is 65.8 Å². The van der Waals surface area contributed by atoms with Crippen molar-refractivity contribution in [3.63, 3.8) is 0 Å². The summed E-state index contributed by atoms with van der Waals surface area (Å²) >= 11 is 0. The van der Waals surface area contributed by atoms with Crippen LogP contribution in [-0.4, -0.2) is 55.7 Å². The summed E-state index contributed by atoms with van der Waals surface area (Å²) in [4.78, 5) is 28.2. The number of fused-ring (bicyclic) bond motifs is 1. The van der Waals surface area contributed by atoms with Crippen LogP contribution in [-0.2, 0) is 0 Å². The summed E-state index contributed by atoms with van der Waals surface area (Å²) in [6.45, 7) is 7.35. The van der Waals surface area contributed by atoms with Crippen LogP contribution in [0.4, 0.5) is 10.2 Å². The van der Waals surface area contributed by atoms with Crippen LogP contribution in [0.2, 0.25) is 0 Å². The zero-order chi connectivity index (χ0) is 26.9. The van der Waals surface area contributed by atoms with Crippen molar-refractivity contribution in [2.75, 3.05) is 24.6 Å². The van der Waals surface area contributed by atoms with Gasteiger partial charge < -0.3 is 15.0 Å². The number of carbonyl (C=O) groups is 1. The molecule has 1 aliphatic heterocycles. The number of aromatic nitrogens is 5. The van der Waals surface area contributed by atoms with Crippen molar-refractivity contribution in [1.29, 1.82) is 5.26 Å². The Morgan fingerprint density at radius 3 is 2.71 bits per heavy atom. The van der Waals surface area contributed by atoms with Crippen LogP contribution in [0, 0.1) is 24.1 Å². The monoisotopic (exact) mass is 514 g/mol. The van der Waals surface area contributed by atoms with Gasteiger partial charge in [-0.3, -0.25) is 9.78 Å². The van der Waals surface area contributed by atoms with Gasteiger partial charge in [-0.25, -0.2) is 18.9 Å². The molecule has 4 aromatic rings. The molecule has 0 aliphatic carbocycles. The SMILES string of the molecule is CCOc1cc(-c2cnc(N3CCC(C)(NC(=O)c4nc(C)ccc4F)CC3)cn2)c2c(C#N)cnn2c1. The van der Waals surface area contributed by atoms with E-state index >= 15 is 0 Å². The second-order valence-electron chi connectivity index (χ2n) is 9.53. The van der Waals surface area contributed by atoms with Crippen LogP contribution in [0.5, 0.6) is 5.75 Å². The lowest BCUT2D eigenvalue weighted by Gasteiger charge is -2.40. The lowest BCUT2D eigenvalue weighted by atomic mass is 9.89. The molecule has 0 atom stereocenters. The molecule has 0 radical (unpaired) electrons. The van der Waals surface area contributed by atoms with Gasteiger partial charge in [0.2, 0.25) is 0 Å². The molecule has 1 amide bonds. The molecule has 38 heavy (non-hydrogen) atoms. The van der Waals surface area contributed by atoms with E-state index in [4.69, 9.17) is 4.74 Å². The van der Waals surface area contributed by atoms with Crippen LogP contribution >= 0.6 is 0 Å². The van der Waals surface area contributed by atoms with Crippen LogP contribution < -0.4 is 15.0 Å². The Kier molecular flexibility index (Phi) is 6.63. The van der Waals surface area contributed by atoms with Crippen molar-refractivity contribution in [3.8, 4) is 23.1 Å². The van der Waals surface area contributed by atoms with Gasteiger partial charge in [0.1, 0.15) is 17.6 Å². The number of nitriles is 1. The number of halogens is 1. The van der Waals surface area contributed by atoms with Crippen LogP contribution in [0.15, 0.2) is 43.0 Å². The third-order valence-electron chi connectivity index (χ3n) is 6.74. The fraction of sp³-hybridized carbons (Fsp3) is 0.333.